The molecule has 2 atom stereocenters. The second-order valence-corrected chi connectivity index (χ2v) is 4.82. The van der Waals surface area contributed by atoms with Gasteiger partial charge in [-0.25, -0.2) is 4.98 Å². The highest BCUT2D eigenvalue weighted by atomic mass is 15.1. The molecule has 0 amide bonds. The highest BCUT2D eigenvalue weighted by Crippen LogP contribution is 2.18. The van der Waals surface area contributed by atoms with Gasteiger partial charge in [0.2, 0.25) is 0 Å². The van der Waals surface area contributed by atoms with Gasteiger partial charge in [-0.15, -0.1) is 0 Å². The molecular weight excluding hydrogens is 222 g/mol. The summed E-state index contributed by atoms with van der Waals surface area (Å²) in [5, 5.41) is 0. The third-order valence-electron chi connectivity index (χ3n) is 3.53. The molecule has 0 spiro atoms. The van der Waals surface area contributed by atoms with Crippen LogP contribution in [0.5, 0.6) is 0 Å². The van der Waals surface area contributed by atoms with E-state index in [-0.39, 0.29) is 6.04 Å². The summed E-state index contributed by atoms with van der Waals surface area (Å²) in [6, 6.07) is 10.4. The van der Waals surface area contributed by atoms with Crippen molar-refractivity contribution in [2.75, 3.05) is 0 Å². The first-order valence-electron chi connectivity index (χ1n) is 6.54. The normalized spacial score (nSPS) is 14.4. The number of nitrogens with two attached hydrogens (primary N) is 1. The summed E-state index contributed by atoms with van der Waals surface area (Å²) in [5.74, 6) is 1.52. The predicted octanol–water partition coefficient (Wildman–Crippen LogP) is 2.92. The molecule has 1 aromatic heterocycles. The van der Waals surface area contributed by atoms with E-state index in [1.807, 2.05) is 30.6 Å². The summed E-state index contributed by atoms with van der Waals surface area (Å²) in [7, 11) is 0. The molecule has 1 aromatic carbocycles. The monoisotopic (exact) mass is 243 g/mol. The summed E-state index contributed by atoms with van der Waals surface area (Å²) in [4.78, 5) is 4.43. The maximum atomic E-state index is 6.22. The molecule has 18 heavy (non-hydrogen) atoms. The standard InChI is InChI=1S/C15H21N3/c1-3-12(2)14(16)11-18-10-9-17-15(18)13-7-5-4-6-8-13/h4-10,12,14H,3,11,16H2,1-2H3. The summed E-state index contributed by atoms with van der Waals surface area (Å²) in [5.41, 5.74) is 7.36. The lowest BCUT2D eigenvalue weighted by Gasteiger charge is -2.20. The van der Waals surface area contributed by atoms with Crippen molar-refractivity contribution in [1.82, 2.24) is 9.55 Å². The van der Waals surface area contributed by atoms with Gasteiger partial charge in [0.15, 0.2) is 0 Å². The van der Waals surface area contributed by atoms with E-state index in [2.05, 4.69) is 35.5 Å². The van der Waals surface area contributed by atoms with Crippen LogP contribution >= 0.6 is 0 Å². The molecule has 96 valence electrons. The van der Waals surface area contributed by atoms with Gasteiger partial charge in [0.05, 0.1) is 0 Å². The Morgan fingerprint density at radius 3 is 2.67 bits per heavy atom. The van der Waals surface area contributed by atoms with E-state index in [0.717, 1.165) is 24.4 Å². The number of hydrogen-bond acceptors (Lipinski definition) is 2. The number of nitrogens with zero attached hydrogens (tertiary/aromatic N) is 2. The minimum atomic E-state index is 0.173. The summed E-state index contributed by atoms with van der Waals surface area (Å²) in [6.07, 6.45) is 4.95. The van der Waals surface area contributed by atoms with Crippen LogP contribution in [0.2, 0.25) is 0 Å². The fourth-order valence-corrected chi connectivity index (χ4v) is 2.01. The van der Waals surface area contributed by atoms with Gasteiger partial charge in [-0.05, 0) is 5.92 Å². The molecule has 0 saturated heterocycles. The highest BCUT2D eigenvalue weighted by molar-refractivity contribution is 5.55. The van der Waals surface area contributed by atoms with E-state index < -0.39 is 0 Å². The van der Waals surface area contributed by atoms with Crippen molar-refractivity contribution in [3.63, 3.8) is 0 Å². The zero-order chi connectivity index (χ0) is 13.0. The topological polar surface area (TPSA) is 43.8 Å². The highest BCUT2D eigenvalue weighted by Gasteiger charge is 2.13. The molecule has 0 aliphatic heterocycles. The molecule has 0 radical (unpaired) electrons. The van der Waals surface area contributed by atoms with Crippen LogP contribution in [0.1, 0.15) is 20.3 Å². The maximum absolute atomic E-state index is 6.22. The van der Waals surface area contributed by atoms with E-state index in [9.17, 15) is 0 Å². The third kappa shape index (κ3) is 2.79. The van der Waals surface area contributed by atoms with Gasteiger partial charge in [0, 0.05) is 30.5 Å². The molecule has 2 aromatic rings. The van der Waals surface area contributed by atoms with Crippen molar-refractivity contribution >= 4 is 0 Å². The molecule has 2 rings (SSSR count). The van der Waals surface area contributed by atoms with Crippen LogP contribution in [-0.4, -0.2) is 15.6 Å². The van der Waals surface area contributed by atoms with Crippen LogP contribution in [0, 0.1) is 5.92 Å². The quantitative estimate of drug-likeness (QED) is 0.877. The lowest BCUT2D eigenvalue weighted by molar-refractivity contribution is 0.398. The first kappa shape index (κ1) is 12.8. The molecule has 3 heteroatoms. The molecule has 0 aliphatic carbocycles. The molecule has 2 N–H and O–H groups in total. The Labute approximate surface area is 109 Å². The van der Waals surface area contributed by atoms with Gasteiger partial charge in [0.1, 0.15) is 5.82 Å². The molecular formula is C15H21N3. The minimum Gasteiger partial charge on any atom is -0.329 e. The Bertz CT molecular complexity index is 475. The zero-order valence-corrected chi connectivity index (χ0v) is 11.1. The Morgan fingerprint density at radius 2 is 2.00 bits per heavy atom. The second-order valence-electron chi connectivity index (χ2n) is 4.82. The van der Waals surface area contributed by atoms with Gasteiger partial charge in [0.25, 0.3) is 0 Å². The van der Waals surface area contributed by atoms with Gasteiger partial charge in [-0.1, -0.05) is 50.6 Å². The molecule has 2 unspecified atom stereocenters. The maximum Gasteiger partial charge on any atom is 0.139 e. The van der Waals surface area contributed by atoms with Crippen LogP contribution in [0.4, 0.5) is 0 Å². The fraction of sp³-hybridized carbons (Fsp3) is 0.400. The second kappa shape index (κ2) is 5.83. The smallest absolute Gasteiger partial charge is 0.139 e. The van der Waals surface area contributed by atoms with Crippen molar-refractivity contribution in [3.05, 3.63) is 42.7 Å². The minimum absolute atomic E-state index is 0.173. The molecule has 3 nitrogen and oxygen atoms in total. The number of aromatic nitrogens is 2. The van der Waals surface area contributed by atoms with Crippen LogP contribution in [-0.2, 0) is 6.54 Å². The number of imidazole rings is 1. The van der Waals surface area contributed by atoms with Crippen molar-refractivity contribution in [1.29, 1.82) is 0 Å². The number of hydrogen-bond donors (Lipinski definition) is 1. The summed E-state index contributed by atoms with van der Waals surface area (Å²) < 4.78 is 2.14. The fourth-order valence-electron chi connectivity index (χ4n) is 2.01. The Kier molecular flexibility index (Phi) is 4.15. The van der Waals surface area contributed by atoms with E-state index in [0.29, 0.717) is 5.92 Å². The average Bonchev–Trinajstić information content (AvgIpc) is 2.86. The van der Waals surface area contributed by atoms with Gasteiger partial charge in [-0.3, -0.25) is 0 Å². The first-order chi connectivity index (χ1) is 8.72. The molecule has 0 aliphatic rings. The van der Waals surface area contributed by atoms with Crippen molar-refractivity contribution < 1.29 is 0 Å². The average molecular weight is 243 g/mol. The summed E-state index contributed by atoms with van der Waals surface area (Å²) in [6.45, 7) is 5.19. The van der Waals surface area contributed by atoms with E-state index >= 15 is 0 Å². The van der Waals surface area contributed by atoms with E-state index in [1.165, 1.54) is 0 Å². The van der Waals surface area contributed by atoms with Crippen LogP contribution in [0.3, 0.4) is 0 Å². The molecule has 0 bridgehead atoms. The number of rotatable bonds is 5. The van der Waals surface area contributed by atoms with Crippen molar-refractivity contribution in [2.45, 2.75) is 32.9 Å². The molecule has 0 fully saturated rings. The Balaban J connectivity index is 2.19. The first-order valence-corrected chi connectivity index (χ1v) is 6.54. The van der Waals surface area contributed by atoms with Gasteiger partial charge >= 0.3 is 0 Å². The van der Waals surface area contributed by atoms with Gasteiger partial charge < -0.3 is 10.3 Å². The van der Waals surface area contributed by atoms with Gasteiger partial charge in [-0.2, -0.15) is 0 Å². The Hall–Kier alpha value is -1.61. The van der Waals surface area contributed by atoms with Crippen LogP contribution in [0.25, 0.3) is 11.4 Å². The van der Waals surface area contributed by atoms with Crippen LogP contribution < -0.4 is 5.73 Å². The van der Waals surface area contributed by atoms with Crippen molar-refractivity contribution in [2.24, 2.45) is 11.7 Å². The third-order valence-corrected chi connectivity index (χ3v) is 3.53. The summed E-state index contributed by atoms with van der Waals surface area (Å²) >= 11 is 0. The van der Waals surface area contributed by atoms with Crippen molar-refractivity contribution in [3.8, 4) is 11.4 Å². The SMILES string of the molecule is CCC(C)C(N)Cn1ccnc1-c1ccccc1. The molecule has 1 heterocycles. The van der Waals surface area contributed by atoms with E-state index in [1.54, 1.807) is 0 Å². The Morgan fingerprint density at radius 1 is 1.28 bits per heavy atom. The lowest BCUT2D eigenvalue weighted by atomic mass is 10.00. The lowest BCUT2D eigenvalue weighted by Crippen LogP contribution is -2.32. The molecule has 0 saturated carbocycles. The van der Waals surface area contributed by atoms with Crippen LogP contribution in [0.15, 0.2) is 42.7 Å². The zero-order valence-electron chi connectivity index (χ0n) is 11.1. The predicted molar refractivity (Wildman–Crippen MR) is 75.1 cm³/mol. The largest absolute Gasteiger partial charge is 0.329 e. The number of benzene rings is 1. The van der Waals surface area contributed by atoms with E-state index in [4.69, 9.17) is 5.73 Å².